The Labute approximate surface area is 127 Å². The topological polar surface area (TPSA) is 125 Å². The second-order valence-corrected chi connectivity index (χ2v) is 6.29. The lowest BCUT2D eigenvalue weighted by Gasteiger charge is -2.10. The molecule has 2 rings (SSSR count). The minimum atomic E-state index is -3.77. The van der Waals surface area contributed by atoms with Crippen molar-refractivity contribution in [3.8, 4) is 0 Å². The first-order valence-electron chi connectivity index (χ1n) is 6.57. The Hall–Kier alpha value is -1.97. The molecule has 0 spiro atoms. The van der Waals surface area contributed by atoms with Gasteiger partial charge < -0.3 is 14.8 Å². The second kappa shape index (κ2) is 6.86. The maximum Gasteiger partial charge on any atom is 0.335 e. The second-order valence-electron chi connectivity index (χ2n) is 4.73. The van der Waals surface area contributed by atoms with E-state index in [2.05, 4.69) is 5.32 Å². The predicted octanol–water partition coefficient (Wildman–Crippen LogP) is -0.00530. The highest BCUT2D eigenvalue weighted by Gasteiger charge is 2.25. The molecule has 0 saturated carbocycles. The van der Waals surface area contributed by atoms with Crippen molar-refractivity contribution in [2.45, 2.75) is 23.8 Å². The summed E-state index contributed by atoms with van der Waals surface area (Å²) < 4.78 is 32.2. The van der Waals surface area contributed by atoms with Crippen LogP contribution in [0.4, 0.5) is 5.69 Å². The van der Waals surface area contributed by atoms with Gasteiger partial charge in [-0.1, -0.05) is 0 Å². The fourth-order valence-corrected chi connectivity index (χ4v) is 2.43. The summed E-state index contributed by atoms with van der Waals surface area (Å²) in [4.78, 5) is 23.1. The molecule has 1 aromatic carbocycles. The number of hydrogen-bond donors (Lipinski definition) is 2. The molecule has 9 heteroatoms. The van der Waals surface area contributed by atoms with E-state index >= 15 is 0 Å². The Kier molecular flexibility index (Phi) is 5.11. The van der Waals surface area contributed by atoms with E-state index in [4.69, 9.17) is 14.6 Å². The molecular formula is C13H16N2O6S. The molecule has 1 saturated heterocycles. The van der Waals surface area contributed by atoms with Gasteiger partial charge in [-0.2, -0.15) is 0 Å². The first-order valence-corrected chi connectivity index (χ1v) is 8.12. The average molecular weight is 328 g/mol. The number of esters is 1. The third kappa shape index (κ3) is 4.52. The van der Waals surface area contributed by atoms with Gasteiger partial charge in [0.25, 0.3) is 5.91 Å². The highest BCUT2D eigenvalue weighted by Crippen LogP contribution is 2.14. The number of primary sulfonamides is 1. The average Bonchev–Trinajstić information content (AvgIpc) is 2.98. The van der Waals surface area contributed by atoms with Gasteiger partial charge in [-0.05, 0) is 37.1 Å². The van der Waals surface area contributed by atoms with E-state index in [9.17, 15) is 18.0 Å². The van der Waals surface area contributed by atoms with Gasteiger partial charge in [-0.25, -0.2) is 18.4 Å². The molecule has 1 aliphatic rings. The van der Waals surface area contributed by atoms with Crippen LogP contribution in [0.3, 0.4) is 0 Å². The van der Waals surface area contributed by atoms with Gasteiger partial charge in [0.05, 0.1) is 4.90 Å². The number of hydrogen-bond acceptors (Lipinski definition) is 6. The fourth-order valence-electron chi connectivity index (χ4n) is 1.92. The third-order valence-electron chi connectivity index (χ3n) is 3.00. The quantitative estimate of drug-likeness (QED) is 0.733. The number of ether oxygens (including phenoxy) is 2. The minimum absolute atomic E-state index is 0.0599. The van der Waals surface area contributed by atoms with Crippen molar-refractivity contribution < 1.29 is 27.5 Å². The van der Waals surface area contributed by atoms with E-state index in [-0.39, 0.29) is 4.90 Å². The number of rotatable bonds is 5. The summed E-state index contributed by atoms with van der Waals surface area (Å²) >= 11 is 0. The van der Waals surface area contributed by atoms with Crippen molar-refractivity contribution in [1.82, 2.24) is 0 Å². The molecule has 1 heterocycles. The van der Waals surface area contributed by atoms with E-state index in [1.54, 1.807) is 0 Å². The Morgan fingerprint density at radius 1 is 1.32 bits per heavy atom. The lowest BCUT2D eigenvalue weighted by Crippen LogP contribution is -2.27. The monoisotopic (exact) mass is 328 g/mol. The molecule has 1 aromatic rings. The molecule has 0 unspecified atom stereocenters. The van der Waals surface area contributed by atoms with Gasteiger partial charge in [0.2, 0.25) is 10.0 Å². The summed E-state index contributed by atoms with van der Waals surface area (Å²) in [5.74, 6) is -1.09. The lowest BCUT2D eigenvalue weighted by molar-refractivity contribution is -0.156. The molecule has 120 valence electrons. The molecule has 1 amide bonds. The van der Waals surface area contributed by atoms with Crippen molar-refractivity contribution in [1.29, 1.82) is 0 Å². The molecule has 0 radical (unpaired) electrons. The summed E-state index contributed by atoms with van der Waals surface area (Å²) in [7, 11) is -3.77. The zero-order chi connectivity index (χ0) is 16.2. The molecule has 22 heavy (non-hydrogen) atoms. The van der Waals surface area contributed by atoms with Crippen LogP contribution in [0.2, 0.25) is 0 Å². The SMILES string of the molecule is NS(=O)(=O)c1ccc(NC(=O)COC(=O)[C@@H]2CCCO2)cc1. The number of nitrogens with two attached hydrogens (primary N) is 1. The van der Waals surface area contributed by atoms with E-state index in [0.717, 1.165) is 6.42 Å². The Morgan fingerprint density at radius 3 is 2.55 bits per heavy atom. The fraction of sp³-hybridized carbons (Fsp3) is 0.385. The molecule has 0 aromatic heterocycles. The van der Waals surface area contributed by atoms with Gasteiger partial charge in [-0.15, -0.1) is 0 Å². The van der Waals surface area contributed by atoms with Crippen molar-refractivity contribution >= 4 is 27.6 Å². The summed E-state index contributed by atoms with van der Waals surface area (Å²) in [5, 5.41) is 7.44. The largest absolute Gasteiger partial charge is 0.454 e. The number of carbonyl (C=O) groups excluding carboxylic acids is 2. The molecule has 1 atom stereocenters. The summed E-state index contributed by atoms with van der Waals surface area (Å²) in [6.45, 7) is 0.0813. The van der Waals surface area contributed by atoms with Crippen molar-refractivity contribution in [2.24, 2.45) is 5.14 Å². The Balaban J connectivity index is 1.83. The maximum atomic E-state index is 11.6. The van der Waals surface area contributed by atoms with Crippen LogP contribution >= 0.6 is 0 Å². The van der Waals surface area contributed by atoms with Crippen LogP contribution in [0.5, 0.6) is 0 Å². The molecule has 0 bridgehead atoms. The van der Waals surface area contributed by atoms with Crippen LogP contribution in [0, 0.1) is 0 Å². The molecular weight excluding hydrogens is 312 g/mol. The standard InChI is InChI=1S/C13H16N2O6S/c14-22(18,19)10-5-3-9(4-6-10)15-12(16)8-21-13(17)11-2-1-7-20-11/h3-6,11H,1-2,7-8H2,(H,15,16)(H2,14,18,19)/t11-/m0/s1. The maximum absolute atomic E-state index is 11.6. The van der Waals surface area contributed by atoms with Crippen LogP contribution in [-0.2, 0) is 29.1 Å². The third-order valence-corrected chi connectivity index (χ3v) is 3.93. The van der Waals surface area contributed by atoms with E-state index < -0.39 is 34.6 Å². The summed E-state index contributed by atoms with van der Waals surface area (Å²) in [5.41, 5.74) is 0.366. The first-order chi connectivity index (χ1) is 10.4. The van der Waals surface area contributed by atoms with Crippen molar-refractivity contribution in [2.75, 3.05) is 18.5 Å². The van der Waals surface area contributed by atoms with Crippen LogP contribution in [0.15, 0.2) is 29.2 Å². The van der Waals surface area contributed by atoms with Crippen molar-refractivity contribution in [3.63, 3.8) is 0 Å². The van der Waals surface area contributed by atoms with Gasteiger partial charge in [0.1, 0.15) is 0 Å². The zero-order valence-corrected chi connectivity index (χ0v) is 12.5. The lowest BCUT2D eigenvalue weighted by atomic mass is 10.2. The highest BCUT2D eigenvalue weighted by molar-refractivity contribution is 7.89. The van der Waals surface area contributed by atoms with Gasteiger partial charge in [-0.3, -0.25) is 4.79 Å². The van der Waals surface area contributed by atoms with E-state index in [1.165, 1.54) is 24.3 Å². The molecule has 1 fully saturated rings. The number of sulfonamides is 1. The predicted molar refractivity (Wildman–Crippen MR) is 76.4 cm³/mol. The molecule has 0 aliphatic carbocycles. The number of nitrogens with one attached hydrogen (secondary N) is 1. The zero-order valence-electron chi connectivity index (χ0n) is 11.7. The molecule has 3 N–H and O–H groups in total. The normalized spacial score (nSPS) is 18.0. The van der Waals surface area contributed by atoms with Gasteiger partial charge in [0, 0.05) is 12.3 Å². The molecule has 8 nitrogen and oxygen atoms in total. The Morgan fingerprint density at radius 2 is 2.00 bits per heavy atom. The highest BCUT2D eigenvalue weighted by atomic mass is 32.2. The number of anilines is 1. The van der Waals surface area contributed by atoms with Crippen LogP contribution in [0.1, 0.15) is 12.8 Å². The van der Waals surface area contributed by atoms with Crippen LogP contribution in [-0.4, -0.2) is 39.6 Å². The van der Waals surface area contributed by atoms with Crippen LogP contribution in [0.25, 0.3) is 0 Å². The molecule has 1 aliphatic heterocycles. The van der Waals surface area contributed by atoms with Gasteiger partial charge in [0.15, 0.2) is 12.7 Å². The van der Waals surface area contributed by atoms with E-state index in [0.29, 0.717) is 18.7 Å². The van der Waals surface area contributed by atoms with Crippen molar-refractivity contribution in [3.05, 3.63) is 24.3 Å². The van der Waals surface area contributed by atoms with Gasteiger partial charge >= 0.3 is 5.97 Å². The summed E-state index contributed by atoms with van der Waals surface area (Å²) in [6, 6.07) is 5.31. The van der Waals surface area contributed by atoms with Crippen LogP contribution < -0.4 is 10.5 Å². The smallest absolute Gasteiger partial charge is 0.335 e. The number of benzene rings is 1. The minimum Gasteiger partial charge on any atom is -0.454 e. The van der Waals surface area contributed by atoms with E-state index in [1.807, 2.05) is 0 Å². The first kappa shape index (κ1) is 16.4. The number of amides is 1. The number of carbonyl (C=O) groups is 2. The Bertz CT molecular complexity index is 650. The summed E-state index contributed by atoms with van der Waals surface area (Å²) in [6.07, 6.45) is 0.791.